The predicted molar refractivity (Wildman–Crippen MR) is 79.5 cm³/mol. The summed E-state index contributed by atoms with van der Waals surface area (Å²) in [6.07, 6.45) is 5.90. The summed E-state index contributed by atoms with van der Waals surface area (Å²) in [5.41, 5.74) is 2.35. The molecule has 2 rings (SSSR count). The Morgan fingerprint density at radius 3 is 2.84 bits per heavy atom. The fourth-order valence-electron chi connectivity index (χ4n) is 2.70. The van der Waals surface area contributed by atoms with E-state index in [0.29, 0.717) is 12.0 Å². The smallest absolute Gasteiger partial charge is 0.131 e. The number of anilines is 1. The van der Waals surface area contributed by atoms with E-state index in [-0.39, 0.29) is 0 Å². The highest BCUT2D eigenvalue weighted by molar-refractivity contribution is 5.50. The summed E-state index contributed by atoms with van der Waals surface area (Å²) in [6.45, 7) is 8.52. The molecule has 0 radical (unpaired) electrons. The number of nitrogens with one attached hydrogen (secondary N) is 1. The quantitative estimate of drug-likeness (QED) is 0.906. The Hall–Kier alpha value is -1.16. The van der Waals surface area contributed by atoms with Crippen molar-refractivity contribution in [1.29, 1.82) is 0 Å². The van der Waals surface area contributed by atoms with Crippen LogP contribution in [0.25, 0.3) is 0 Å². The van der Waals surface area contributed by atoms with Gasteiger partial charge in [0.25, 0.3) is 0 Å². The molecule has 4 nitrogen and oxygen atoms in total. The topological polar surface area (TPSA) is 41.1 Å². The lowest BCUT2D eigenvalue weighted by Crippen LogP contribution is -2.38. The van der Waals surface area contributed by atoms with Crippen LogP contribution in [0.3, 0.4) is 0 Å². The Morgan fingerprint density at radius 2 is 2.21 bits per heavy atom. The Kier molecular flexibility index (Phi) is 4.75. The number of aromatic nitrogens is 2. The zero-order valence-electron chi connectivity index (χ0n) is 12.6. The first-order chi connectivity index (χ1) is 9.13. The monoisotopic (exact) mass is 262 g/mol. The second-order valence-electron chi connectivity index (χ2n) is 5.78. The largest absolute Gasteiger partial charge is 0.366 e. The van der Waals surface area contributed by atoms with Crippen LogP contribution in [-0.4, -0.2) is 29.6 Å². The Balaban J connectivity index is 2.32. The van der Waals surface area contributed by atoms with Crippen LogP contribution in [0, 0.1) is 0 Å². The van der Waals surface area contributed by atoms with Gasteiger partial charge in [0.05, 0.1) is 17.6 Å². The van der Waals surface area contributed by atoms with Gasteiger partial charge in [-0.1, -0.05) is 13.8 Å². The van der Waals surface area contributed by atoms with Gasteiger partial charge in [-0.15, -0.1) is 0 Å². The molecule has 2 heterocycles. The van der Waals surface area contributed by atoms with Crippen LogP contribution in [0.15, 0.2) is 6.20 Å². The molecule has 19 heavy (non-hydrogen) atoms. The molecule has 1 aromatic rings. The highest BCUT2D eigenvalue weighted by atomic mass is 15.2. The molecule has 0 bridgehead atoms. The van der Waals surface area contributed by atoms with Gasteiger partial charge in [0, 0.05) is 25.0 Å². The molecule has 1 aliphatic heterocycles. The van der Waals surface area contributed by atoms with Crippen molar-refractivity contribution in [2.45, 2.75) is 58.5 Å². The van der Waals surface area contributed by atoms with Crippen molar-refractivity contribution in [3.05, 3.63) is 17.7 Å². The molecule has 106 valence electrons. The van der Waals surface area contributed by atoms with E-state index in [1.54, 1.807) is 0 Å². The van der Waals surface area contributed by atoms with E-state index in [4.69, 9.17) is 4.98 Å². The van der Waals surface area contributed by atoms with Crippen molar-refractivity contribution < 1.29 is 0 Å². The lowest BCUT2D eigenvalue weighted by atomic mass is 10.0. The summed E-state index contributed by atoms with van der Waals surface area (Å²) in [7, 11) is 1.97. The summed E-state index contributed by atoms with van der Waals surface area (Å²) in [5, 5.41) is 3.23. The number of piperidine rings is 1. The molecule has 0 aliphatic carbocycles. The second-order valence-corrected chi connectivity index (χ2v) is 5.78. The molecule has 0 amide bonds. The normalized spacial score (nSPS) is 20.1. The van der Waals surface area contributed by atoms with Gasteiger partial charge >= 0.3 is 0 Å². The highest BCUT2D eigenvalue weighted by Gasteiger charge is 2.22. The lowest BCUT2D eigenvalue weighted by Gasteiger charge is -2.36. The highest BCUT2D eigenvalue weighted by Crippen LogP contribution is 2.27. The minimum Gasteiger partial charge on any atom is -0.366 e. The molecule has 1 atom stereocenters. The van der Waals surface area contributed by atoms with Crippen molar-refractivity contribution >= 4 is 5.69 Å². The maximum Gasteiger partial charge on any atom is 0.131 e. The summed E-state index contributed by atoms with van der Waals surface area (Å²) in [5.74, 6) is 1.32. The van der Waals surface area contributed by atoms with Crippen LogP contribution in [0.5, 0.6) is 0 Å². The first-order valence-electron chi connectivity index (χ1n) is 7.40. The van der Waals surface area contributed by atoms with Gasteiger partial charge in [0.1, 0.15) is 5.82 Å². The fourth-order valence-corrected chi connectivity index (χ4v) is 2.70. The van der Waals surface area contributed by atoms with Crippen molar-refractivity contribution in [3.63, 3.8) is 0 Å². The average molecular weight is 262 g/mol. The molecule has 0 saturated carbocycles. The Morgan fingerprint density at radius 1 is 1.42 bits per heavy atom. The molecule has 0 spiro atoms. The van der Waals surface area contributed by atoms with Crippen LogP contribution < -0.4 is 10.2 Å². The Bertz CT molecular complexity index is 417. The van der Waals surface area contributed by atoms with Crippen LogP contribution in [-0.2, 0) is 6.54 Å². The maximum absolute atomic E-state index is 4.76. The third-order valence-electron chi connectivity index (χ3n) is 3.84. The minimum atomic E-state index is 0.378. The van der Waals surface area contributed by atoms with Crippen molar-refractivity contribution in [2.75, 3.05) is 18.5 Å². The number of nitrogens with zero attached hydrogens (tertiary/aromatic N) is 3. The van der Waals surface area contributed by atoms with Crippen LogP contribution in [0.4, 0.5) is 5.69 Å². The second kappa shape index (κ2) is 6.33. The third kappa shape index (κ3) is 3.24. The van der Waals surface area contributed by atoms with E-state index in [0.717, 1.165) is 24.6 Å². The van der Waals surface area contributed by atoms with E-state index < -0.39 is 0 Å². The Labute approximate surface area is 116 Å². The maximum atomic E-state index is 4.76. The summed E-state index contributed by atoms with van der Waals surface area (Å²) in [4.78, 5) is 11.8. The van der Waals surface area contributed by atoms with Crippen molar-refractivity contribution in [1.82, 2.24) is 15.3 Å². The molecule has 1 fully saturated rings. The summed E-state index contributed by atoms with van der Waals surface area (Å²) < 4.78 is 0. The number of rotatable bonds is 4. The van der Waals surface area contributed by atoms with Gasteiger partial charge in [-0.25, -0.2) is 9.97 Å². The molecular formula is C15H26N4. The number of hydrogen-bond acceptors (Lipinski definition) is 4. The van der Waals surface area contributed by atoms with Crippen LogP contribution >= 0.6 is 0 Å². The molecule has 4 heteroatoms. The van der Waals surface area contributed by atoms with E-state index in [1.807, 2.05) is 13.2 Å². The van der Waals surface area contributed by atoms with E-state index in [1.165, 1.54) is 24.9 Å². The lowest BCUT2D eigenvalue weighted by molar-refractivity contribution is 0.481. The fraction of sp³-hybridized carbons (Fsp3) is 0.733. The first-order valence-corrected chi connectivity index (χ1v) is 7.40. The molecule has 0 aromatic carbocycles. The van der Waals surface area contributed by atoms with Crippen molar-refractivity contribution in [3.8, 4) is 0 Å². The molecule has 1 unspecified atom stereocenters. The third-order valence-corrected chi connectivity index (χ3v) is 3.84. The zero-order valence-corrected chi connectivity index (χ0v) is 12.6. The molecule has 1 aromatic heterocycles. The van der Waals surface area contributed by atoms with Gasteiger partial charge in [-0.05, 0) is 33.2 Å². The predicted octanol–water partition coefficient (Wildman–Crippen LogP) is 2.70. The molecule has 1 N–H and O–H groups in total. The van der Waals surface area contributed by atoms with Gasteiger partial charge in [0.2, 0.25) is 0 Å². The van der Waals surface area contributed by atoms with Gasteiger partial charge in [-0.3, -0.25) is 0 Å². The van der Waals surface area contributed by atoms with Gasteiger partial charge < -0.3 is 10.2 Å². The van der Waals surface area contributed by atoms with Crippen LogP contribution in [0.1, 0.15) is 57.5 Å². The minimum absolute atomic E-state index is 0.378. The molecular weight excluding hydrogens is 236 g/mol. The van der Waals surface area contributed by atoms with E-state index in [2.05, 4.69) is 36.0 Å². The standard InChI is InChI=1S/C15H26N4/c1-11(2)15-17-10-14(13(18-15)9-16-4)19-8-6-5-7-12(19)3/h10-12,16H,5-9H2,1-4H3. The SMILES string of the molecule is CNCc1nc(C(C)C)ncc1N1CCCCC1C. The van der Waals surface area contributed by atoms with E-state index >= 15 is 0 Å². The molecule has 1 aliphatic rings. The van der Waals surface area contributed by atoms with E-state index in [9.17, 15) is 0 Å². The summed E-state index contributed by atoms with van der Waals surface area (Å²) in [6, 6.07) is 0.595. The van der Waals surface area contributed by atoms with Gasteiger partial charge in [-0.2, -0.15) is 0 Å². The first kappa shape index (κ1) is 14.3. The zero-order chi connectivity index (χ0) is 13.8. The average Bonchev–Trinajstić information content (AvgIpc) is 2.40. The number of hydrogen-bond donors (Lipinski definition) is 1. The van der Waals surface area contributed by atoms with Gasteiger partial charge in [0.15, 0.2) is 0 Å². The summed E-state index contributed by atoms with van der Waals surface area (Å²) >= 11 is 0. The van der Waals surface area contributed by atoms with Crippen molar-refractivity contribution in [2.24, 2.45) is 0 Å². The molecule has 1 saturated heterocycles. The van der Waals surface area contributed by atoms with Crippen LogP contribution in [0.2, 0.25) is 0 Å².